The van der Waals surface area contributed by atoms with Crippen LogP contribution in [-0.2, 0) is 19.1 Å². The molecular formula is C78H152NO4+. The Morgan fingerprint density at radius 3 is 0.771 bits per heavy atom. The topological polar surface area (TPSA) is 52.6 Å². The number of rotatable bonds is 69. The van der Waals surface area contributed by atoms with Gasteiger partial charge in [-0.3, -0.25) is 9.59 Å². The van der Waals surface area contributed by atoms with Crippen molar-refractivity contribution in [2.75, 3.05) is 27.7 Å². The van der Waals surface area contributed by atoms with Crippen LogP contribution in [0.3, 0.4) is 0 Å². The van der Waals surface area contributed by atoms with Crippen LogP contribution in [0.1, 0.15) is 426 Å². The molecule has 0 amide bonds. The molecule has 0 bridgehead atoms. The summed E-state index contributed by atoms with van der Waals surface area (Å²) >= 11 is 0. The summed E-state index contributed by atoms with van der Waals surface area (Å²) in [4.78, 5) is 28.4. The van der Waals surface area contributed by atoms with E-state index >= 15 is 0 Å². The Labute approximate surface area is 522 Å². The molecule has 0 heterocycles. The number of allylic oxidation sites excluding steroid dienone is 4. The Morgan fingerprint density at radius 1 is 0.301 bits per heavy atom. The van der Waals surface area contributed by atoms with Crippen molar-refractivity contribution in [3.8, 4) is 0 Å². The Balaban J connectivity index is 5.80. The largest absolute Gasteiger partial charge is 0.455 e. The van der Waals surface area contributed by atoms with Crippen molar-refractivity contribution >= 4 is 11.9 Å². The number of esters is 2. The number of unbranched alkanes of at least 4 members (excludes halogenated alkanes) is 52. The third-order valence-electron chi connectivity index (χ3n) is 18.1. The van der Waals surface area contributed by atoms with Crippen LogP contribution in [0.25, 0.3) is 0 Å². The molecule has 0 radical (unpaired) electrons. The number of carbonyl (C=O) groups is 2. The molecule has 0 aliphatic rings. The fourth-order valence-corrected chi connectivity index (χ4v) is 12.5. The maximum atomic E-state index is 14.3. The first kappa shape index (κ1) is 81.4. The van der Waals surface area contributed by atoms with Crippen LogP contribution in [0.5, 0.6) is 0 Å². The van der Waals surface area contributed by atoms with Crippen LogP contribution < -0.4 is 0 Å². The van der Waals surface area contributed by atoms with E-state index < -0.39 is 11.7 Å². The van der Waals surface area contributed by atoms with Crippen molar-refractivity contribution in [1.82, 2.24) is 0 Å². The van der Waals surface area contributed by atoms with E-state index in [0.717, 1.165) is 70.6 Å². The van der Waals surface area contributed by atoms with E-state index in [-0.39, 0.29) is 11.9 Å². The van der Waals surface area contributed by atoms with E-state index in [1.54, 1.807) is 0 Å². The number of likely N-dealkylation sites (N-methyl/N-ethyl adjacent to an activating group) is 1. The second-order valence-electron chi connectivity index (χ2n) is 27.8. The van der Waals surface area contributed by atoms with Gasteiger partial charge in [-0.2, -0.15) is 0 Å². The number of nitrogens with zero attached hydrogens (tertiary/aromatic N) is 1. The first-order valence-corrected chi connectivity index (χ1v) is 38.2. The van der Waals surface area contributed by atoms with Crippen LogP contribution in [0, 0.1) is 0 Å². The highest BCUT2D eigenvalue weighted by molar-refractivity contribution is 5.71. The minimum atomic E-state index is -0.797. The molecule has 1 atom stereocenters. The molecule has 0 rings (SSSR count). The van der Waals surface area contributed by atoms with Gasteiger partial charge in [-0.25, -0.2) is 0 Å². The highest BCUT2D eigenvalue weighted by Gasteiger charge is 2.47. The van der Waals surface area contributed by atoms with Gasteiger partial charge in [0.05, 0.1) is 21.1 Å². The number of carbonyl (C=O) groups excluding carboxylic acids is 2. The molecule has 83 heavy (non-hydrogen) atoms. The summed E-state index contributed by atoms with van der Waals surface area (Å²) in [5.41, 5.74) is -0.797. The fourth-order valence-electron chi connectivity index (χ4n) is 12.5. The van der Waals surface area contributed by atoms with Gasteiger partial charge in [0.1, 0.15) is 6.54 Å². The van der Waals surface area contributed by atoms with Gasteiger partial charge in [0.15, 0.2) is 11.7 Å². The Bertz CT molecular complexity index is 1330. The van der Waals surface area contributed by atoms with E-state index in [0.29, 0.717) is 23.9 Å². The molecule has 0 aromatic carbocycles. The summed E-state index contributed by atoms with van der Waals surface area (Å²) in [6.45, 7) is 9.84. The monoisotopic (exact) mass is 1170 g/mol. The number of hydrogen-bond acceptors (Lipinski definition) is 4. The molecule has 1 unspecified atom stereocenters. The molecule has 5 heteroatoms. The SMILES string of the molecule is CCCCCCCCC=CCCCCCCCC(=O)OC(C[N+](C)(C)C)C(CCCCCCCCCCCCCCCCCC)(CCCCCCCCCCCCCCCCCC)OC(=O)CCCCCCCC=CCCCCCCCC. The summed E-state index contributed by atoms with van der Waals surface area (Å²) in [7, 11) is 6.64. The average molecular weight is 1170 g/mol. The minimum absolute atomic E-state index is 0.0738. The normalized spacial score (nSPS) is 12.6. The third kappa shape index (κ3) is 60.5. The summed E-state index contributed by atoms with van der Waals surface area (Å²) in [5, 5.41) is 0. The van der Waals surface area contributed by atoms with E-state index in [9.17, 15) is 9.59 Å². The number of ether oxygens (including phenoxy) is 2. The molecular weight excluding hydrogens is 1010 g/mol. The molecule has 0 fully saturated rings. The summed E-state index contributed by atoms with van der Waals surface area (Å²) in [6.07, 6.45) is 86.5. The van der Waals surface area contributed by atoms with Crippen molar-refractivity contribution in [1.29, 1.82) is 0 Å². The first-order chi connectivity index (χ1) is 40.6. The number of quaternary nitrogens is 1. The summed E-state index contributed by atoms with van der Waals surface area (Å²) in [6, 6.07) is 0. The van der Waals surface area contributed by atoms with Crippen molar-refractivity contribution in [2.24, 2.45) is 0 Å². The van der Waals surface area contributed by atoms with E-state index in [1.165, 1.54) is 315 Å². The zero-order chi connectivity index (χ0) is 60.5. The lowest BCUT2D eigenvalue weighted by atomic mass is 9.83. The van der Waals surface area contributed by atoms with Crippen LogP contribution in [0.2, 0.25) is 0 Å². The zero-order valence-corrected chi connectivity index (χ0v) is 58.0. The predicted molar refractivity (Wildman–Crippen MR) is 369 cm³/mol. The van der Waals surface area contributed by atoms with Crippen molar-refractivity contribution in [3.63, 3.8) is 0 Å². The van der Waals surface area contributed by atoms with Gasteiger partial charge in [-0.05, 0) is 89.9 Å². The Morgan fingerprint density at radius 2 is 0.518 bits per heavy atom. The van der Waals surface area contributed by atoms with Crippen LogP contribution in [0.4, 0.5) is 0 Å². The fraction of sp³-hybridized carbons (Fsp3) is 0.923. The third-order valence-corrected chi connectivity index (χ3v) is 18.1. The maximum Gasteiger partial charge on any atom is 0.306 e. The molecule has 0 N–H and O–H groups in total. The van der Waals surface area contributed by atoms with Gasteiger partial charge in [-0.1, -0.05) is 347 Å². The van der Waals surface area contributed by atoms with Crippen molar-refractivity contribution in [2.45, 2.75) is 437 Å². The second-order valence-corrected chi connectivity index (χ2v) is 27.8. The van der Waals surface area contributed by atoms with Gasteiger partial charge >= 0.3 is 11.9 Å². The molecule has 0 aliphatic carbocycles. The van der Waals surface area contributed by atoms with Gasteiger partial charge in [0.25, 0.3) is 0 Å². The second kappa shape index (κ2) is 64.8. The molecule has 0 saturated heterocycles. The van der Waals surface area contributed by atoms with E-state index in [4.69, 9.17) is 9.47 Å². The van der Waals surface area contributed by atoms with Gasteiger partial charge in [0, 0.05) is 12.8 Å². The van der Waals surface area contributed by atoms with Crippen LogP contribution >= 0.6 is 0 Å². The highest BCUT2D eigenvalue weighted by atomic mass is 16.6. The highest BCUT2D eigenvalue weighted by Crippen LogP contribution is 2.35. The van der Waals surface area contributed by atoms with Crippen LogP contribution in [0.15, 0.2) is 24.3 Å². The molecule has 0 aromatic heterocycles. The predicted octanol–water partition coefficient (Wildman–Crippen LogP) is 26.3. The molecule has 0 spiro atoms. The van der Waals surface area contributed by atoms with Gasteiger partial charge in [0.2, 0.25) is 0 Å². The molecule has 0 aliphatic heterocycles. The standard InChI is InChI=1S/C78H152NO4/c1-8-12-16-20-24-28-32-36-40-44-48-52-56-60-64-68-72-78(73-69-65-61-57-53-49-45-41-37-33-29-25-21-17-13-9-2,83-77(81)71-67-63-59-55-51-47-43-39-35-31-27-23-19-15-11-4)75(74-79(5,6)7)82-76(80)70-66-62-58-54-50-46-42-38-34-30-26-22-18-14-10-3/h38-39,42-43,75H,8-37,40-41,44-74H2,1-7H3/q+1. The minimum Gasteiger partial charge on any atom is -0.455 e. The quantitative estimate of drug-likeness (QED) is 0.0264. The Kier molecular flexibility index (Phi) is 63.6. The van der Waals surface area contributed by atoms with Crippen LogP contribution in [-0.4, -0.2) is 55.8 Å². The maximum absolute atomic E-state index is 14.3. The first-order valence-electron chi connectivity index (χ1n) is 38.2. The number of hydrogen-bond donors (Lipinski definition) is 0. The van der Waals surface area contributed by atoms with Crippen molar-refractivity contribution in [3.05, 3.63) is 24.3 Å². The lowest BCUT2D eigenvalue weighted by Crippen LogP contribution is -2.56. The lowest BCUT2D eigenvalue weighted by molar-refractivity contribution is -0.874. The van der Waals surface area contributed by atoms with E-state index in [2.05, 4.69) is 73.1 Å². The zero-order valence-electron chi connectivity index (χ0n) is 58.0. The van der Waals surface area contributed by atoms with Gasteiger partial charge in [-0.15, -0.1) is 0 Å². The Hall–Kier alpha value is -1.62. The summed E-state index contributed by atoms with van der Waals surface area (Å²) < 4.78 is 14.4. The molecule has 5 nitrogen and oxygen atoms in total. The van der Waals surface area contributed by atoms with Gasteiger partial charge < -0.3 is 14.0 Å². The smallest absolute Gasteiger partial charge is 0.306 e. The van der Waals surface area contributed by atoms with E-state index in [1.807, 2.05) is 0 Å². The molecule has 492 valence electrons. The van der Waals surface area contributed by atoms with Crippen molar-refractivity contribution < 1.29 is 23.5 Å². The molecule has 0 aromatic rings. The molecule has 0 saturated carbocycles. The summed E-state index contributed by atoms with van der Waals surface area (Å²) in [5.74, 6) is -0.173. The lowest BCUT2D eigenvalue weighted by Gasteiger charge is -2.42. The average Bonchev–Trinajstić information content (AvgIpc) is 3.42.